The van der Waals surface area contributed by atoms with Crippen molar-refractivity contribution < 1.29 is 4.74 Å². The first kappa shape index (κ1) is 16.1. The first-order valence-corrected chi connectivity index (χ1v) is 8.57. The third-order valence-electron chi connectivity index (χ3n) is 4.41. The summed E-state index contributed by atoms with van der Waals surface area (Å²) in [6.07, 6.45) is 5.32. The molecule has 0 unspecified atom stereocenters. The molecular formula is C18H26N4O. The Balaban J connectivity index is 1.31. The number of benzene rings is 1. The van der Waals surface area contributed by atoms with E-state index in [2.05, 4.69) is 26.8 Å². The van der Waals surface area contributed by atoms with E-state index in [9.17, 15) is 0 Å². The zero-order chi connectivity index (χ0) is 15.9. The molecule has 1 fully saturated rings. The summed E-state index contributed by atoms with van der Waals surface area (Å²) in [6.45, 7) is 6.71. The van der Waals surface area contributed by atoms with Crippen LogP contribution in [0.5, 0.6) is 6.01 Å². The van der Waals surface area contributed by atoms with E-state index in [0.717, 1.165) is 17.3 Å². The van der Waals surface area contributed by atoms with E-state index >= 15 is 0 Å². The van der Waals surface area contributed by atoms with Crippen molar-refractivity contribution >= 4 is 10.9 Å². The topological polar surface area (TPSA) is 41.5 Å². The summed E-state index contributed by atoms with van der Waals surface area (Å²) in [7, 11) is 2.20. The molecule has 124 valence electrons. The number of ether oxygens (including phenoxy) is 1. The number of fused-ring (bicyclic) bond motifs is 1. The maximum atomic E-state index is 5.68. The average Bonchev–Trinajstić information content (AvgIpc) is 2.59. The quantitative estimate of drug-likeness (QED) is 0.734. The summed E-state index contributed by atoms with van der Waals surface area (Å²) in [4.78, 5) is 13.6. The van der Waals surface area contributed by atoms with E-state index in [1.807, 2.05) is 30.5 Å². The normalized spacial score (nSPS) is 16.7. The van der Waals surface area contributed by atoms with Gasteiger partial charge in [0.1, 0.15) is 0 Å². The van der Waals surface area contributed by atoms with Gasteiger partial charge < -0.3 is 14.5 Å². The van der Waals surface area contributed by atoms with Crippen LogP contribution in [0.1, 0.15) is 19.3 Å². The van der Waals surface area contributed by atoms with Crippen LogP contribution in [0.3, 0.4) is 0 Å². The second-order valence-electron chi connectivity index (χ2n) is 6.27. The highest BCUT2D eigenvalue weighted by molar-refractivity contribution is 5.77. The summed E-state index contributed by atoms with van der Waals surface area (Å²) in [6, 6.07) is 8.46. The molecule has 5 nitrogen and oxygen atoms in total. The maximum absolute atomic E-state index is 5.68. The summed E-state index contributed by atoms with van der Waals surface area (Å²) < 4.78 is 5.68. The molecule has 5 heteroatoms. The van der Waals surface area contributed by atoms with Crippen LogP contribution in [0.2, 0.25) is 0 Å². The van der Waals surface area contributed by atoms with Crippen LogP contribution in [0, 0.1) is 0 Å². The third-order valence-corrected chi connectivity index (χ3v) is 4.41. The van der Waals surface area contributed by atoms with Crippen molar-refractivity contribution in [2.75, 3.05) is 46.4 Å². The van der Waals surface area contributed by atoms with Gasteiger partial charge in [0.25, 0.3) is 0 Å². The molecule has 0 bridgehead atoms. The van der Waals surface area contributed by atoms with Crippen LogP contribution in [-0.2, 0) is 0 Å². The minimum absolute atomic E-state index is 0.489. The van der Waals surface area contributed by atoms with Crippen molar-refractivity contribution in [3.63, 3.8) is 0 Å². The molecule has 1 aromatic heterocycles. The van der Waals surface area contributed by atoms with Gasteiger partial charge >= 0.3 is 6.01 Å². The molecule has 3 rings (SSSR count). The molecule has 23 heavy (non-hydrogen) atoms. The van der Waals surface area contributed by atoms with Gasteiger partial charge in [-0.1, -0.05) is 18.2 Å². The van der Waals surface area contributed by atoms with Crippen molar-refractivity contribution in [2.45, 2.75) is 19.3 Å². The van der Waals surface area contributed by atoms with Gasteiger partial charge in [-0.3, -0.25) is 0 Å². The molecule has 1 aromatic carbocycles. The molecule has 0 atom stereocenters. The Kier molecular flexibility index (Phi) is 5.77. The van der Waals surface area contributed by atoms with Crippen LogP contribution in [0.15, 0.2) is 30.5 Å². The van der Waals surface area contributed by atoms with E-state index in [-0.39, 0.29) is 0 Å². The molecule has 2 heterocycles. The fourth-order valence-electron chi connectivity index (χ4n) is 2.87. The number of nitrogens with zero attached hydrogens (tertiary/aromatic N) is 4. The van der Waals surface area contributed by atoms with Gasteiger partial charge in [0.05, 0.1) is 12.1 Å². The third kappa shape index (κ3) is 4.88. The highest BCUT2D eigenvalue weighted by Crippen LogP contribution is 2.13. The van der Waals surface area contributed by atoms with Gasteiger partial charge in [0, 0.05) is 37.8 Å². The highest BCUT2D eigenvalue weighted by Gasteiger charge is 2.12. The van der Waals surface area contributed by atoms with Crippen LogP contribution < -0.4 is 4.74 Å². The largest absolute Gasteiger partial charge is 0.463 e. The lowest BCUT2D eigenvalue weighted by atomic mass is 10.2. The summed E-state index contributed by atoms with van der Waals surface area (Å²) in [5.74, 6) is 0. The monoisotopic (exact) mass is 314 g/mol. The highest BCUT2D eigenvalue weighted by atomic mass is 16.5. The van der Waals surface area contributed by atoms with E-state index < -0.39 is 0 Å². The summed E-state index contributed by atoms with van der Waals surface area (Å²) >= 11 is 0. The molecule has 1 aliphatic heterocycles. The minimum atomic E-state index is 0.489. The van der Waals surface area contributed by atoms with Crippen molar-refractivity contribution in [3.8, 4) is 6.01 Å². The Hall–Kier alpha value is -1.72. The fourth-order valence-corrected chi connectivity index (χ4v) is 2.87. The van der Waals surface area contributed by atoms with E-state index in [0.29, 0.717) is 12.6 Å². The van der Waals surface area contributed by atoms with E-state index in [1.165, 1.54) is 45.6 Å². The predicted molar refractivity (Wildman–Crippen MR) is 92.8 cm³/mol. The second-order valence-corrected chi connectivity index (χ2v) is 6.27. The SMILES string of the molecule is CN1CCN(CCCCCOc2ncc3ccccc3n2)CC1. The summed E-state index contributed by atoms with van der Waals surface area (Å²) in [5, 5.41) is 1.05. The number of unbranched alkanes of at least 4 members (excludes halogenated alkanes) is 2. The number of para-hydroxylation sites is 1. The van der Waals surface area contributed by atoms with Gasteiger partial charge in [-0.2, -0.15) is 4.98 Å². The van der Waals surface area contributed by atoms with Gasteiger partial charge in [-0.15, -0.1) is 0 Å². The van der Waals surface area contributed by atoms with Crippen LogP contribution in [-0.4, -0.2) is 66.1 Å². The molecule has 2 aromatic rings. The number of hydrogen-bond donors (Lipinski definition) is 0. The molecule has 0 aliphatic carbocycles. The molecule has 0 spiro atoms. The van der Waals surface area contributed by atoms with Crippen LogP contribution in [0.25, 0.3) is 10.9 Å². The maximum Gasteiger partial charge on any atom is 0.316 e. The van der Waals surface area contributed by atoms with Crippen molar-refractivity contribution in [2.24, 2.45) is 0 Å². The lowest BCUT2D eigenvalue weighted by molar-refractivity contribution is 0.151. The minimum Gasteiger partial charge on any atom is -0.463 e. The van der Waals surface area contributed by atoms with Crippen molar-refractivity contribution in [1.82, 2.24) is 19.8 Å². The zero-order valence-electron chi connectivity index (χ0n) is 13.9. The molecular weight excluding hydrogens is 288 g/mol. The zero-order valence-corrected chi connectivity index (χ0v) is 13.9. The first-order valence-electron chi connectivity index (χ1n) is 8.57. The number of hydrogen-bond acceptors (Lipinski definition) is 5. The Morgan fingerprint density at radius 2 is 1.87 bits per heavy atom. The molecule has 1 aliphatic rings. The number of rotatable bonds is 7. The Labute approximate surface area is 138 Å². The van der Waals surface area contributed by atoms with Crippen molar-refractivity contribution in [1.29, 1.82) is 0 Å². The second kappa shape index (κ2) is 8.22. The summed E-state index contributed by atoms with van der Waals surface area (Å²) in [5.41, 5.74) is 0.938. The predicted octanol–water partition coefficient (Wildman–Crippen LogP) is 2.43. The van der Waals surface area contributed by atoms with Crippen LogP contribution >= 0.6 is 0 Å². The fraction of sp³-hybridized carbons (Fsp3) is 0.556. The Morgan fingerprint density at radius 1 is 1.04 bits per heavy atom. The number of likely N-dealkylation sites (N-methyl/N-ethyl adjacent to an activating group) is 1. The van der Waals surface area contributed by atoms with E-state index in [1.54, 1.807) is 0 Å². The van der Waals surface area contributed by atoms with E-state index in [4.69, 9.17) is 4.74 Å². The number of aromatic nitrogens is 2. The molecule has 0 N–H and O–H groups in total. The molecule has 0 radical (unpaired) electrons. The molecule has 1 saturated heterocycles. The Morgan fingerprint density at radius 3 is 2.74 bits per heavy atom. The molecule has 0 amide bonds. The van der Waals surface area contributed by atoms with Gasteiger partial charge in [-0.05, 0) is 38.9 Å². The lowest BCUT2D eigenvalue weighted by Gasteiger charge is -2.32. The average molecular weight is 314 g/mol. The smallest absolute Gasteiger partial charge is 0.316 e. The first-order chi connectivity index (χ1) is 11.3. The standard InChI is InChI=1S/C18H26N4O/c1-21-10-12-22(13-11-21)9-5-2-6-14-23-18-19-15-16-7-3-4-8-17(16)20-18/h3-4,7-8,15H,2,5-6,9-14H2,1H3. The Bertz CT molecular complexity index is 611. The molecule has 0 saturated carbocycles. The van der Waals surface area contributed by atoms with Crippen molar-refractivity contribution in [3.05, 3.63) is 30.5 Å². The lowest BCUT2D eigenvalue weighted by Crippen LogP contribution is -2.44. The van der Waals surface area contributed by atoms with Gasteiger partial charge in [0.2, 0.25) is 0 Å². The van der Waals surface area contributed by atoms with Gasteiger partial charge in [-0.25, -0.2) is 4.98 Å². The number of piperazine rings is 1. The van der Waals surface area contributed by atoms with Gasteiger partial charge in [0.15, 0.2) is 0 Å². The van der Waals surface area contributed by atoms with Crippen LogP contribution in [0.4, 0.5) is 0 Å².